The van der Waals surface area contributed by atoms with E-state index in [1.54, 1.807) is 30.3 Å². The number of thioether (sulfide) groups is 1. The molecule has 0 bridgehead atoms. The van der Waals surface area contributed by atoms with Gasteiger partial charge in [-0.3, -0.25) is 19.3 Å². The minimum absolute atomic E-state index is 0.221. The highest BCUT2D eigenvalue weighted by molar-refractivity contribution is 8.18. The van der Waals surface area contributed by atoms with Crippen LogP contribution in [0.1, 0.15) is 11.3 Å². The van der Waals surface area contributed by atoms with Crippen LogP contribution in [0.5, 0.6) is 0 Å². The van der Waals surface area contributed by atoms with Gasteiger partial charge in [0.25, 0.3) is 11.1 Å². The maximum atomic E-state index is 12.6. The molecule has 1 N–H and O–H groups in total. The van der Waals surface area contributed by atoms with Gasteiger partial charge >= 0.3 is 0 Å². The third-order valence-corrected chi connectivity index (χ3v) is 6.18. The summed E-state index contributed by atoms with van der Waals surface area (Å²) in [6.45, 7) is 1.68. The van der Waals surface area contributed by atoms with Crippen LogP contribution in [0, 0.1) is 6.92 Å². The molecular formula is C23H18N2O4S2. The van der Waals surface area contributed by atoms with Crippen molar-refractivity contribution in [1.82, 2.24) is 4.90 Å². The maximum absolute atomic E-state index is 12.6. The average molecular weight is 451 g/mol. The molecule has 0 radical (unpaired) electrons. The van der Waals surface area contributed by atoms with E-state index < -0.39 is 17.1 Å². The van der Waals surface area contributed by atoms with E-state index in [4.69, 9.17) is 4.42 Å². The van der Waals surface area contributed by atoms with E-state index in [9.17, 15) is 14.4 Å². The Bertz CT molecular complexity index is 1150. The first-order valence-electron chi connectivity index (χ1n) is 9.42. The standard InChI is InChI=1S/C23H18N2O4S2/c1-15-7-10-18(11-8-15)30-21-12-9-17(29-21)13-19-22(27)25(23(28)31-19)14-20(26)24-16-5-3-2-4-6-16/h2-13H,14H2,1H3,(H,24,26)/b19-13-. The Morgan fingerprint density at radius 3 is 2.55 bits per heavy atom. The van der Waals surface area contributed by atoms with Gasteiger partial charge in [0.1, 0.15) is 12.3 Å². The van der Waals surface area contributed by atoms with Gasteiger partial charge in [0, 0.05) is 16.7 Å². The number of hydrogen-bond acceptors (Lipinski definition) is 6. The number of furan rings is 1. The van der Waals surface area contributed by atoms with Gasteiger partial charge in [-0.05, 0) is 55.1 Å². The number of amides is 3. The van der Waals surface area contributed by atoms with Crippen LogP contribution in [0.25, 0.3) is 6.08 Å². The summed E-state index contributed by atoms with van der Waals surface area (Å²) in [5.41, 5.74) is 1.78. The lowest BCUT2D eigenvalue weighted by atomic mass is 10.2. The summed E-state index contributed by atoms with van der Waals surface area (Å²) in [6.07, 6.45) is 1.53. The summed E-state index contributed by atoms with van der Waals surface area (Å²) in [5, 5.41) is 2.86. The van der Waals surface area contributed by atoms with E-state index in [0.717, 1.165) is 21.6 Å². The van der Waals surface area contributed by atoms with Crippen LogP contribution < -0.4 is 5.32 Å². The van der Waals surface area contributed by atoms with Crippen LogP contribution in [-0.4, -0.2) is 28.5 Å². The van der Waals surface area contributed by atoms with E-state index in [0.29, 0.717) is 16.5 Å². The van der Waals surface area contributed by atoms with E-state index in [2.05, 4.69) is 5.32 Å². The summed E-state index contributed by atoms with van der Waals surface area (Å²) in [4.78, 5) is 39.3. The zero-order valence-corrected chi connectivity index (χ0v) is 18.2. The molecule has 1 fully saturated rings. The van der Waals surface area contributed by atoms with Gasteiger partial charge in [0.2, 0.25) is 5.91 Å². The molecule has 0 aliphatic carbocycles. The quantitative estimate of drug-likeness (QED) is 0.506. The molecule has 2 aromatic carbocycles. The van der Waals surface area contributed by atoms with Crippen molar-refractivity contribution in [2.75, 3.05) is 11.9 Å². The lowest BCUT2D eigenvalue weighted by molar-refractivity contribution is -0.127. The van der Waals surface area contributed by atoms with Crippen molar-refractivity contribution in [2.45, 2.75) is 16.9 Å². The Labute approximate surface area is 187 Å². The number of carbonyl (C=O) groups is 3. The highest BCUT2D eigenvalue weighted by Gasteiger charge is 2.36. The van der Waals surface area contributed by atoms with Crippen molar-refractivity contribution in [3.63, 3.8) is 0 Å². The summed E-state index contributed by atoms with van der Waals surface area (Å²) >= 11 is 2.26. The number of rotatable bonds is 6. The smallest absolute Gasteiger partial charge is 0.294 e. The fourth-order valence-corrected chi connectivity index (χ4v) is 4.42. The van der Waals surface area contributed by atoms with Crippen molar-refractivity contribution in [1.29, 1.82) is 0 Å². The van der Waals surface area contributed by atoms with Gasteiger partial charge in [0.15, 0.2) is 5.09 Å². The van der Waals surface area contributed by atoms with Gasteiger partial charge < -0.3 is 9.73 Å². The van der Waals surface area contributed by atoms with Gasteiger partial charge in [-0.25, -0.2) is 0 Å². The predicted molar refractivity (Wildman–Crippen MR) is 122 cm³/mol. The second-order valence-electron chi connectivity index (χ2n) is 6.75. The number of anilines is 1. The number of aryl methyl sites for hydroxylation is 1. The second kappa shape index (κ2) is 9.28. The molecule has 2 heterocycles. The van der Waals surface area contributed by atoms with Crippen LogP contribution in [-0.2, 0) is 9.59 Å². The number of nitrogens with zero attached hydrogens (tertiary/aromatic N) is 1. The molecule has 0 unspecified atom stereocenters. The molecule has 6 nitrogen and oxygen atoms in total. The molecule has 3 amide bonds. The molecule has 0 spiro atoms. The normalized spacial score (nSPS) is 15.0. The van der Waals surface area contributed by atoms with Crippen LogP contribution in [0.3, 0.4) is 0 Å². The van der Waals surface area contributed by atoms with Crippen molar-refractivity contribution < 1.29 is 18.8 Å². The Morgan fingerprint density at radius 2 is 1.81 bits per heavy atom. The summed E-state index contributed by atoms with van der Waals surface area (Å²) in [7, 11) is 0. The Hall–Kier alpha value is -3.23. The van der Waals surface area contributed by atoms with Crippen molar-refractivity contribution >= 4 is 52.3 Å². The highest BCUT2D eigenvalue weighted by atomic mass is 32.2. The topological polar surface area (TPSA) is 79.6 Å². The molecule has 1 aliphatic heterocycles. The molecule has 1 aliphatic rings. The van der Waals surface area contributed by atoms with Gasteiger partial charge in [-0.15, -0.1) is 0 Å². The van der Waals surface area contributed by atoms with E-state index in [1.165, 1.54) is 23.4 Å². The molecule has 3 aromatic rings. The first-order chi connectivity index (χ1) is 15.0. The molecule has 156 valence electrons. The van der Waals surface area contributed by atoms with E-state index in [1.807, 2.05) is 43.3 Å². The third kappa shape index (κ3) is 5.28. The Balaban J connectivity index is 1.40. The zero-order valence-electron chi connectivity index (χ0n) is 16.5. The molecule has 4 rings (SSSR count). The molecule has 1 aromatic heterocycles. The monoisotopic (exact) mass is 450 g/mol. The number of para-hydroxylation sites is 1. The average Bonchev–Trinajstić information content (AvgIpc) is 3.30. The minimum atomic E-state index is -0.512. The largest absolute Gasteiger partial charge is 0.450 e. The number of nitrogens with one attached hydrogen (secondary N) is 1. The Kier molecular flexibility index (Phi) is 6.29. The second-order valence-corrected chi connectivity index (χ2v) is 8.83. The fourth-order valence-electron chi connectivity index (χ4n) is 2.82. The highest BCUT2D eigenvalue weighted by Crippen LogP contribution is 2.34. The van der Waals surface area contributed by atoms with E-state index in [-0.39, 0.29) is 11.4 Å². The van der Waals surface area contributed by atoms with Crippen molar-refractivity contribution in [3.8, 4) is 0 Å². The van der Waals surface area contributed by atoms with Gasteiger partial charge in [0.05, 0.1) is 4.91 Å². The molecular weight excluding hydrogens is 432 g/mol. The number of benzene rings is 2. The van der Waals surface area contributed by atoms with Crippen LogP contribution in [0.4, 0.5) is 10.5 Å². The SMILES string of the molecule is Cc1ccc(Sc2ccc(/C=C3\SC(=O)N(CC(=O)Nc4ccccc4)C3=O)o2)cc1. The first-order valence-corrected chi connectivity index (χ1v) is 11.1. The summed E-state index contributed by atoms with van der Waals surface area (Å²) in [5.74, 6) is -0.485. The first kappa shape index (κ1) is 21.0. The number of hydrogen-bond donors (Lipinski definition) is 1. The summed E-state index contributed by atoms with van der Waals surface area (Å²) < 4.78 is 5.77. The van der Waals surface area contributed by atoms with Crippen molar-refractivity contribution in [2.24, 2.45) is 0 Å². The minimum Gasteiger partial charge on any atom is -0.450 e. The molecule has 31 heavy (non-hydrogen) atoms. The lowest BCUT2D eigenvalue weighted by Gasteiger charge is -2.12. The molecule has 1 saturated heterocycles. The predicted octanol–water partition coefficient (Wildman–Crippen LogP) is 5.41. The maximum Gasteiger partial charge on any atom is 0.294 e. The zero-order chi connectivity index (χ0) is 21.8. The number of carbonyl (C=O) groups excluding carboxylic acids is 3. The summed E-state index contributed by atoms with van der Waals surface area (Å²) in [6, 6.07) is 20.5. The number of imide groups is 1. The van der Waals surface area contributed by atoms with Crippen molar-refractivity contribution in [3.05, 3.63) is 83.0 Å². The van der Waals surface area contributed by atoms with Crippen LogP contribution >= 0.6 is 23.5 Å². The third-order valence-electron chi connectivity index (χ3n) is 4.35. The lowest BCUT2D eigenvalue weighted by Crippen LogP contribution is -2.36. The molecule has 0 saturated carbocycles. The molecule has 0 atom stereocenters. The van der Waals surface area contributed by atoms with E-state index >= 15 is 0 Å². The van der Waals surface area contributed by atoms with Gasteiger partial charge in [-0.2, -0.15) is 0 Å². The fraction of sp³-hybridized carbons (Fsp3) is 0.0870. The van der Waals surface area contributed by atoms with Gasteiger partial charge in [-0.1, -0.05) is 47.7 Å². The van der Waals surface area contributed by atoms with Crippen LogP contribution in [0.2, 0.25) is 0 Å². The molecule has 8 heteroatoms. The Morgan fingerprint density at radius 1 is 1.06 bits per heavy atom. The van der Waals surface area contributed by atoms with Crippen LogP contribution in [0.15, 0.2) is 86.0 Å².